The standard InChI is InChI=1S/C25H11BN2O2/c1-27-15-12-14-13-6-2-3-7-16(13)28-17-8-4-9-18-21(17)26-22-19(29-18)10-5-11-20(22)30-25(15)23(26)24(14)28/h2-12H. The van der Waals surface area contributed by atoms with Crippen LogP contribution in [0.3, 0.4) is 0 Å². The molecule has 3 aliphatic heterocycles. The summed E-state index contributed by atoms with van der Waals surface area (Å²) in [6, 6.07) is 22.6. The summed E-state index contributed by atoms with van der Waals surface area (Å²) in [5.74, 6) is 3.16. The fourth-order valence-electron chi connectivity index (χ4n) is 5.59. The molecule has 4 aromatic carbocycles. The number of benzene rings is 4. The van der Waals surface area contributed by atoms with Gasteiger partial charge in [-0.15, -0.1) is 0 Å². The Bertz CT molecular complexity index is 1680. The fourth-order valence-corrected chi connectivity index (χ4v) is 5.59. The second kappa shape index (κ2) is 4.69. The van der Waals surface area contributed by atoms with Gasteiger partial charge in [0.15, 0.2) is 0 Å². The van der Waals surface area contributed by atoms with Gasteiger partial charge in [-0.1, -0.05) is 30.3 Å². The first kappa shape index (κ1) is 14.8. The number of rotatable bonds is 0. The third-order valence-corrected chi connectivity index (χ3v) is 6.66. The molecule has 0 saturated carbocycles. The summed E-state index contributed by atoms with van der Waals surface area (Å²) >= 11 is 0. The van der Waals surface area contributed by atoms with Crippen LogP contribution in [0.15, 0.2) is 66.7 Å². The van der Waals surface area contributed by atoms with Gasteiger partial charge in [0, 0.05) is 16.5 Å². The van der Waals surface area contributed by atoms with Gasteiger partial charge in [-0.05, 0) is 52.7 Å². The monoisotopic (exact) mass is 382 g/mol. The Kier molecular flexibility index (Phi) is 2.31. The van der Waals surface area contributed by atoms with Gasteiger partial charge in [-0.3, -0.25) is 0 Å². The SMILES string of the molecule is [C-]#[N+]c1cc2c3ccccc3n3c2c2c1Oc1cccc4c1B2c1c(cccc1-3)O4. The summed E-state index contributed by atoms with van der Waals surface area (Å²) in [5.41, 5.74) is 7.26. The highest BCUT2D eigenvalue weighted by Crippen LogP contribution is 2.46. The van der Waals surface area contributed by atoms with E-state index in [2.05, 4.69) is 45.8 Å². The Morgan fingerprint density at radius 2 is 1.53 bits per heavy atom. The number of aromatic nitrogens is 1. The minimum atomic E-state index is 0.000845. The van der Waals surface area contributed by atoms with E-state index >= 15 is 0 Å². The number of nitrogens with zero attached hydrogens (tertiary/aromatic N) is 2. The van der Waals surface area contributed by atoms with E-state index in [-0.39, 0.29) is 6.71 Å². The Labute approximate surface area is 171 Å². The van der Waals surface area contributed by atoms with Gasteiger partial charge in [0.1, 0.15) is 23.0 Å². The van der Waals surface area contributed by atoms with Crippen LogP contribution < -0.4 is 25.9 Å². The number of para-hydroxylation sites is 1. The van der Waals surface area contributed by atoms with E-state index in [1.54, 1.807) is 0 Å². The van der Waals surface area contributed by atoms with Gasteiger partial charge in [-0.25, -0.2) is 4.85 Å². The van der Waals surface area contributed by atoms with Crippen LogP contribution >= 0.6 is 0 Å². The molecule has 136 valence electrons. The third-order valence-electron chi connectivity index (χ3n) is 6.66. The van der Waals surface area contributed by atoms with E-state index in [0.29, 0.717) is 11.4 Å². The Morgan fingerprint density at radius 3 is 2.40 bits per heavy atom. The van der Waals surface area contributed by atoms with E-state index < -0.39 is 0 Å². The molecule has 30 heavy (non-hydrogen) atoms. The van der Waals surface area contributed by atoms with Gasteiger partial charge >= 0.3 is 0 Å². The summed E-state index contributed by atoms with van der Waals surface area (Å²) in [6.07, 6.45) is 0. The van der Waals surface area contributed by atoms with Crippen molar-refractivity contribution in [1.82, 2.24) is 4.57 Å². The summed E-state index contributed by atoms with van der Waals surface area (Å²) in [4.78, 5) is 3.86. The van der Waals surface area contributed by atoms with Crippen LogP contribution in [0.5, 0.6) is 23.0 Å². The second-order valence-electron chi connectivity index (χ2n) is 7.99. The molecule has 0 fully saturated rings. The molecule has 0 aliphatic carbocycles. The number of ether oxygens (including phenoxy) is 2. The molecule has 0 amide bonds. The molecule has 0 N–H and O–H groups in total. The van der Waals surface area contributed by atoms with Crippen LogP contribution in [0.1, 0.15) is 0 Å². The maximum Gasteiger partial charge on any atom is 0.264 e. The maximum atomic E-state index is 7.85. The number of hydrogen-bond donors (Lipinski definition) is 0. The third kappa shape index (κ3) is 1.44. The zero-order valence-corrected chi connectivity index (χ0v) is 15.6. The maximum absolute atomic E-state index is 7.85. The molecule has 0 radical (unpaired) electrons. The molecule has 4 nitrogen and oxygen atoms in total. The summed E-state index contributed by atoms with van der Waals surface area (Å²) in [5, 5.41) is 2.25. The van der Waals surface area contributed by atoms with Crippen LogP contribution in [-0.4, -0.2) is 11.3 Å². The molecule has 0 saturated heterocycles. The quantitative estimate of drug-likeness (QED) is 0.288. The Hall–Kier alpha value is -4.17. The van der Waals surface area contributed by atoms with Gasteiger partial charge in [-0.2, -0.15) is 0 Å². The van der Waals surface area contributed by atoms with Crippen molar-refractivity contribution in [2.75, 3.05) is 0 Å². The van der Waals surface area contributed by atoms with Crippen LogP contribution in [0.25, 0.3) is 32.3 Å². The zero-order chi connectivity index (χ0) is 19.6. The molecule has 5 aromatic rings. The lowest BCUT2D eigenvalue weighted by molar-refractivity contribution is 0.465. The molecular weight excluding hydrogens is 371 g/mol. The highest BCUT2D eigenvalue weighted by atomic mass is 16.5. The minimum Gasteiger partial charge on any atom is -0.469 e. The molecule has 0 atom stereocenters. The Morgan fingerprint density at radius 1 is 0.767 bits per heavy atom. The van der Waals surface area contributed by atoms with Crippen molar-refractivity contribution < 1.29 is 9.47 Å². The van der Waals surface area contributed by atoms with Crippen LogP contribution in [0, 0.1) is 6.57 Å². The van der Waals surface area contributed by atoms with Crippen molar-refractivity contribution in [1.29, 1.82) is 0 Å². The second-order valence-corrected chi connectivity index (χ2v) is 7.99. The van der Waals surface area contributed by atoms with Crippen molar-refractivity contribution in [3.63, 3.8) is 0 Å². The Balaban J connectivity index is 1.71. The average molecular weight is 382 g/mol. The largest absolute Gasteiger partial charge is 0.469 e. The van der Waals surface area contributed by atoms with E-state index in [4.69, 9.17) is 16.0 Å². The predicted molar refractivity (Wildman–Crippen MR) is 118 cm³/mol. The first-order valence-corrected chi connectivity index (χ1v) is 9.94. The average Bonchev–Trinajstić information content (AvgIpc) is 3.12. The molecule has 4 heterocycles. The smallest absolute Gasteiger partial charge is 0.264 e. The van der Waals surface area contributed by atoms with Gasteiger partial charge in [0.25, 0.3) is 6.71 Å². The first-order chi connectivity index (χ1) is 14.8. The molecule has 5 heteroatoms. The molecule has 8 rings (SSSR count). The number of hydrogen-bond acceptors (Lipinski definition) is 2. The lowest BCUT2D eigenvalue weighted by Crippen LogP contribution is -2.60. The first-order valence-electron chi connectivity index (χ1n) is 9.94. The highest BCUT2D eigenvalue weighted by Gasteiger charge is 2.46. The van der Waals surface area contributed by atoms with Gasteiger partial charge in [0.05, 0.1) is 17.6 Å². The van der Waals surface area contributed by atoms with E-state index in [9.17, 15) is 0 Å². The van der Waals surface area contributed by atoms with E-state index in [0.717, 1.165) is 61.1 Å². The molecule has 0 unspecified atom stereocenters. The van der Waals surface area contributed by atoms with Crippen molar-refractivity contribution >= 4 is 50.6 Å². The molecular formula is C25H11BN2O2. The zero-order valence-electron chi connectivity index (χ0n) is 15.6. The topological polar surface area (TPSA) is 27.8 Å². The molecule has 1 aromatic heterocycles. The van der Waals surface area contributed by atoms with E-state index in [1.165, 1.54) is 0 Å². The normalized spacial score (nSPS) is 13.8. The van der Waals surface area contributed by atoms with Crippen molar-refractivity contribution in [3.05, 3.63) is 78.1 Å². The molecule has 3 aliphatic rings. The summed E-state index contributed by atoms with van der Waals surface area (Å²) in [7, 11) is 0. The lowest BCUT2D eigenvalue weighted by Gasteiger charge is -2.37. The fraction of sp³-hybridized carbons (Fsp3) is 0. The minimum absolute atomic E-state index is 0.000845. The summed E-state index contributed by atoms with van der Waals surface area (Å²) in [6.45, 7) is 7.85. The van der Waals surface area contributed by atoms with Crippen LogP contribution in [0.4, 0.5) is 5.69 Å². The van der Waals surface area contributed by atoms with Crippen molar-refractivity contribution in [3.8, 4) is 28.7 Å². The van der Waals surface area contributed by atoms with Crippen molar-refractivity contribution in [2.45, 2.75) is 0 Å². The van der Waals surface area contributed by atoms with Crippen LogP contribution in [-0.2, 0) is 0 Å². The highest BCUT2D eigenvalue weighted by molar-refractivity contribution is 7.00. The van der Waals surface area contributed by atoms with Gasteiger partial charge < -0.3 is 14.0 Å². The summed E-state index contributed by atoms with van der Waals surface area (Å²) < 4.78 is 15.0. The van der Waals surface area contributed by atoms with Gasteiger partial charge in [0.2, 0.25) is 5.69 Å². The van der Waals surface area contributed by atoms with Crippen molar-refractivity contribution in [2.24, 2.45) is 0 Å². The van der Waals surface area contributed by atoms with E-state index in [1.807, 2.05) is 30.3 Å². The predicted octanol–water partition coefficient (Wildman–Crippen LogP) is 4.38. The molecule has 0 bridgehead atoms. The number of fused-ring (bicyclic) bond motifs is 4. The lowest BCUT2D eigenvalue weighted by atomic mass is 9.33. The molecule has 0 spiro atoms. The van der Waals surface area contributed by atoms with Crippen LogP contribution in [0.2, 0.25) is 0 Å².